The molecule has 0 aliphatic rings. The molecule has 0 saturated carbocycles. The fourth-order valence-electron chi connectivity index (χ4n) is 3.09. The van der Waals surface area contributed by atoms with E-state index in [1.807, 2.05) is 55.5 Å². The second kappa shape index (κ2) is 7.52. The van der Waals surface area contributed by atoms with E-state index in [2.05, 4.69) is 17.3 Å². The highest BCUT2D eigenvalue weighted by Gasteiger charge is 2.26. The first kappa shape index (κ1) is 17.9. The summed E-state index contributed by atoms with van der Waals surface area (Å²) in [4.78, 5) is 24.5. The number of carbonyl (C=O) groups is 1. The van der Waals surface area contributed by atoms with Crippen molar-refractivity contribution in [3.05, 3.63) is 76.6 Å². The lowest BCUT2D eigenvalue weighted by Gasteiger charge is -2.30. The lowest BCUT2D eigenvalue weighted by molar-refractivity contribution is -0.123. The topological polar surface area (TPSA) is 64.0 Å². The number of nitrogens with one attached hydrogen (secondary N) is 1. The van der Waals surface area contributed by atoms with Gasteiger partial charge in [0.2, 0.25) is 11.3 Å². The minimum absolute atomic E-state index is 0.0391. The Hall–Kier alpha value is -2.95. The van der Waals surface area contributed by atoms with Gasteiger partial charge in [-0.15, -0.1) is 0 Å². The van der Waals surface area contributed by atoms with Crippen molar-refractivity contribution in [1.82, 2.24) is 15.1 Å². The first-order valence-corrected chi connectivity index (χ1v) is 8.85. The van der Waals surface area contributed by atoms with Gasteiger partial charge in [-0.2, -0.15) is 5.10 Å². The van der Waals surface area contributed by atoms with Crippen molar-refractivity contribution >= 4 is 16.8 Å². The number of nitrogens with zero attached hydrogens (tertiary/aromatic N) is 2. The predicted molar refractivity (Wildman–Crippen MR) is 103 cm³/mol. The molecule has 0 saturated heterocycles. The molecule has 0 unspecified atom stereocenters. The lowest BCUT2D eigenvalue weighted by atomic mass is 9.89. The molecule has 1 atom stereocenters. The van der Waals surface area contributed by atoms with Gasteiger partial charge in [-0.05, 0) is 31.0 Å². The van der Waals surface area contributed by atoms with Crippen molar-refractivity contribution in [2.45, 2.75) is 38.8 Å². The van der Waals surface area contributed by atoms with Crippen molar-refractivity contribution in [3.8, 4) is 0 Å². The van der Waals surface area contributed by atoms with Crippen LogP contribution in [0.5, 0.6) is 0 Å². The SMILES string of the molecule is CC[C@](C)(NC(=O)CCn1ncc(=O)c2ccccc21)c1ccccc1. The van der Waals surface area contributed by atoms with Gasteiger partial charge < -0.3 is 5.32 Å². The summed E-state index contributed by atoms with van der Waals surface area (Å²) in [5.41, 5.74) is 1.32. The molecule has 0 fully saturated rings. The summed E-state index contributed by atoms with van der Waals surface area (Å²) in [6.45, 7) is 4.51. The van der Waals surface area contributed by atoms with E-state index in [4.69, 9.17) is 0 Å². The van der Waals surface area contributed by atoms with E-state index in [1.54, 1.807) is 10.7 Å². The molecule has 1 N–H and O–H groups in total. The molecule has 0 aliphatic carbocycles. The number of benzene rings is 2. The van der Waals surface area contributed by atoms with Gasteiger partial charge in [0.15, 0.2) is 0 Å². The van der Waals surface area contributed by atoms with Crippen LogP contribution in [0.25, 0.3) is 10.9 Å². The third-order valence-corrected chi connectivity index (χ3v) is 4.85. The predicted octanol–water partition coefficient (Wildman–Crippen LogP) is 3.23. The maximum atomic E-state index is 12.6. The molecule has 0 bridgehead atoms. The smallest absolute Gasteiger partial charge is 0.222 e. The molecule has 0 spiro atoms. The number of amides is 1. The maximum Gasteiger partial charge on any atom is 0.222 e. The molecular weight excluding hydrogens is 326 g/mol. The number of carbonyl (C=O) groups excluding carboxylic acids is 1. The Balaban J connectivity index is 1.73. The fourth-order valence-corrected chi connectivity index (χ4v) is 3.09. The molecule has 5 heteroatoms. The number of hydrogen-bond donors (Lipinski definition) is 1. The quantitative estimate of drug-likeness (QED) is 0.743. The Kier molecular flexibility index (Phi) is 5.16. The second-order valence-electron chi connectivity index (χ2n) is 6.60. The Bertz CT molecular complexity index is 966. The maximum absolute atomic E-state index is 12.6. The van der Waals surface area contributed by atoms with E-state index >= 15 is 0 Å². The Morgan fingerprint density at radius 3 is 2.54 bits per heavy atom. The third kappa shape index (κ3) is 3.67. The van der Waals surface area contributed by atoms with E-state index in [0.717, 1.165) is 17.5 Å². The highest BCUT2D eigenvalue weighted by Crippen LogP contribution is 2.24. The first-order chi connectivity index (χ1) is 12.5. The number of hydrogen-bond acceptors (Lipinski definition) is 3. The molecule has 26 heavy (non-hydrogen) atoms. The van der Waals surface area contributed by atoms with Crippen molar-refractivity contribution in [2.75, 3.05) is 0 Å². The van der Waals surface area contributed by atoms with Crippen LogP contribution in [0.3, 0.4) is 0 Å². The van der Waals surface area contributed by atoms with Crippen LogP contribution in [-0.2, 0) is 16.9 Å². The van der Waals surface area contributed by atoms with Crippen molar-refractivity contribution in [3.63, 3.8) is 0 Å². The van der Waals surface area contributed by atoms with E-state index in [0.29, 0.717) is 18.4 Å². The van der Waals surface area contributed by atoms with Crippen LogP contribution < -0.4 is 10.7 Å². The number of fused-ring (bicyclic) bond motifs is 1. The molecule has 134 valence electrons. The molecule has 1 heterocycles. The first-order valence-electron chi connectivity index (χ1n) is 8.85. The lowest BCUT2D eigenvalue weighted by Crippen LogP contribution is -2.43. The normalized spacial score (nSPS) is 13.3. The Labute approximate surface area is 152 Å². The molecule has 2 aromatic carbocycles. The number of aryl methyl sites for hydroxylation is 1. The molecule has 0 radical (unpaired) electrons. The minimum Gasteiger partial charge on any atom is -0.347 e. The number of rotatable bonds is 6. The van der Waals surface area contributed by atoms with Gasteiger partial charge in [-0.3, -0.25) is 14.3 Å². The molecule has 3 rings (SSSR count). The van der Waals surface area contributed by atoms with Crippen molar-refractivity contribution in [1.29, 1.82) is 0 Å². The molecule has 0 aliphatic heterocycles. The van der Waals surface area contributed by atoms with Gasteiger partial charge in [0.25, 0.3) is 0 Å². The summed E-state index contributed by atoms with van der Waals surface area (Å²) in [5, 5.41) is 7.94. The van der Waals surface area contributed by atoms with Crippen LogP contribution in [0.15, 0.2) is 65.6 Å². The van der Waals surface area contributed by atoms with E-state index in [-0.39, 0.29) is 11.3 Å². The monoisotopic (exact) mass is 349 g/mol. The van der Waals surface area contributed by atoms with Crippen LogP contribution in [0.2, 0.25) is 0 Å². The average molecular weight is 349 g/mol. The van der Waals surface area contributed by atoms with E-state index in [9.17, 15) is 9.59 Å². The number of para-hydroxylation sites is 1. The molecule has 3 aromatic rings. The zero-order chi connectivity index (χ0) is 18.6. The van der Waals surface area contributed by atoms with Crippen LogP contribution in [0, 0.1) is 0 Å². The molecule has 1 aromatic heterocycles. The largest absolute Gasteiger partial charge is 0.347 e. The fraction of sp³-hybridized carbons (Fsp3) is 0.286. The summed E-state index contributed by atoms with van der Waals surface area (Å²) in [5.74, 6) is -0.0391. The van der Waals surface area contributed by atoms with Gasteiger partial charge in [0.1, 0.15) is 0 Å². The summed E-state index contributed by atoms with van der Waals surface area (Å²) in [6.07, 6.45) is 2.39. The zero-order valence-electron chi connectivity index (χ0n) is 15.1. The highest BCUT2D eigenvalue weighted by molar-refractivity contribution is 5.79. The highest BCUT2D eigenvalue weighted by atomic mass is 16.1. The Morgan fingerprint density at radius 2 is 1.81 bits per heavy atom. The third-order valence-electron chi connectivity index (χ3n) is 4.85. The van der Waals surface area contributed by atoms with Crippen LogP contribution in [0.4, 0.5) is 0 Å². The summed E-state index contributed by atoms with van der Waals surface area (Å²) in [6, 6.07) is 17.3. The van der Waals surface area contributed by atoms with Gasteiger partial charge in [-0.1, -0.05) is 49.4 Å². The molecule has 1 amide bonds. The van der Waals surface area contributed by atoms with Crippen LogP contribution in [-0.4, -0.2) is 15.7 Å². The minimum atomic E-state index is -0.405. The molecule has 5 nitrogen and oxygen atoms in total. The van der Waals surface area contributed by atoms with Crippen molar-refractivity contribution < 1.29 is 4.79 Å². The van der Waals surface area contributed by atoms with Gasteiger partial charge in [0, 0.05) is 11.8 Å². The number of aromatic nitrogens is 2. The van der Waals surface area contributed by atoms with E-state index in [1.165, 1.54) is 6.20 Å². The van der Waals surface area contributed by atoms with Crippen molar-refractivity contribution in [2.24, 2.45) is 0 Å². The standard InChI is InChI=1S/C21H23N3O2/c1-3-21(2,16-9-5-4-6-10-16)23-20(26)13-14-24-18-12-8-7-11-17(18)19(25)15-22-24/h4-12,15H,3,13-14H2,1-2H3,(H,23,26)/t21-/m0/s1. The second-order valence-corrected chi connectivity index (χ2v) is 6.60. The van der Waals surface area contributed by atoms with Gasteiger partial charge >= 0.3 is 0 Å². The zero-order valence-corrected chi connectivity index (χ0v) is 15.1. The van der Waals surface area contributed by atoms with Crippen LogP contribution >= 0.6 is 0 Å². The Morgan fingerprint density at radius 1 is 1.12 bits per heavy atom. The van der Waals surface area contributed by atoms with Gasteiger partial charge in [0.05, 0.1) is 23.8 Å². The summed E-state index contributed by atoms with van der Waals surface area (Å²) >= 11 is 0. The summed E-state index contributed by atoms with van der Waals surface area (Å²) < 4.78 is 1.71. The summed E-state index contributed by atoms with van der Waals surface area (Å²) in [7, 11) is 0. The van der Waals surface area contributed by atoms with Crippen LogP contribution in [0.1, 0.15) is 32.3 Å². The van der Waals surface area contributed by atoms with E-state index < -0.39 is 5.54 Å². The molecular formula is C21H23N3O2. The average Bonchev–Trinajstić information content (AvgIpc) is 2.68. The van der Waals surface area contributed by atoms with Gasteiger partial charge in [-0.25, -0.2) is 0 Å².